The third kappa shape index (κ3) is 8.96. The van der Waals surface area contributed by atoms with Crippen molar-refractivity contribution >= 4 is 23.6 Å². The molecule has 8 nitrogen and oxygen atoms in total. The van der Waals surface area contributed by atoms with Gasteiger partial charge in [-0.15, -0.1) is 0 Å². The van der Waals surface area contributed by atoms with Crippen LogP contribution in [0.25, 0.3) is 0 Å². The minimum Gasteiger partial charge on any atom is -0.453 e. The van der Waals surface area contributed by atoms with Gasteiger partial charge >= 0.3 is 6.09 Å². The highest BCUT2D eigenvalue weighted by atomic mass is 35.5. The molecule has 1 fully saturated rings. The summed E-state index contributed by atoms with van der Waals surface area (Å²) in [5, 5.41) is 4.37. The fourth-order valence-electron chi connectivity index (χ4n) is 4.39. The van der Waals surface area contributed by atoms with Gasteiger partial charge in [-0.1, -0.05) is 23.7 Å². The van der Waals surface area contributed by atoms with Gasteiger partial charge in [0.05, 0.1) is 13.7 Å². The van der Waals surface area contributed by atoms with Crippen LogP contribution in [0.2, 0.25) is 5.02 Å². The standard InChI is InChI=1S/C27H35ClFN3O5/c1-30-32(11-4-6-19-7-5-12-36-18-19)26(33)21-9-3-8-20(14-21)25(37-13-10-31-27(34)35-2)22-15-23(28)17-24(29)16-22/h3,8-9,14-17,19,25,30H,4-7,10-13,18H2,1-2H3,(H,31,34)/t19?,25-/m0/s1. The van der Waals surface area contributed by atoms with Crippen LogP contribution in [0.15, 0.2) is 42.5 Å². The van der Waals surface area contributed by atoms with Crippen LogP contribution in [0.1, 0.15) is 53.3 Å². The molecule has 2 atom stereocenters. The molecule has 1 heterocycles. The minimum atomic E-state index is -0.713. The molecule has 10 heteroatoms. The first-order chi connectivity index (χ1) is 17.9. The Bertz CT molecular complexity index is 1010. The third-order valence-corrected chi connectivity index (χ3v) is 6.45. The first kappa shape index (κ1) is 28.8. The number of benzene rings is 2. The van der Waals surface area contributed by atoms with E-state index in [9.17, 15) is 14.0 Å². The number of hydrogen-bond acceptors (Lipinski definition) is 6. The summed E-state index contributed by atoms with van der Waals surface area (Å²) in [5.74, 6) is -0.135. The normalized spacial score (nSPS) is 16.2. The number of alkyl carbamates (subject to hydrolysis) is 1. The zero-order valence-corrected chi connectivity index (χ0v) is 22.1. The Balaban J connectivity index is 1.73. The van der Waals surface area contributed by atoms with Gasteiger partial charge in [0.2, 0.25) is 0 Å². The summed E-state index contributed by atoms with van der Waals surface area (Å²) in [4.78, 5) is 24.7. The molecule has 1 unspecified atom stereocenters. The van der Waals surface area contributed by atoms with Gasteiger partial charge < -0.3 is 19.5 Å². The molecule has 2 amide bonds. The van der Waals surface area contributed by atoms with Gasteiger partial charge in [-0.25, -0.2) is 14.6 Å². The van der Waals surface area contributed by atoms with Crippen molar-refractivity contribution in [2.75, 3.05) is 47.1 Å². The molecule has 1 aliphatic heterocycles. The Morgan fingerprint density at radius 1 is 1.24 bits per heavy atom. The number of methoxy groups -OCH3 is 1. The zero-order valence-electron chi connectivity index (χ0n) is 21.3. The number of ether oxygens (including phenoxy) is 3. The van der Waals surface area contributed by atoms with Crippen molar-refractivity contribution in [3.05, 3.63) is 70.0 Å². The Morgan fingerprint density at radius 2 is 2.08 bits per heavy atom. The van der Waals surface area contributed by atoms with Crippen LogP contribution in [0, 0.1) is 11.7 Å². The smallest absolute Gasteiger partial charge is 0.406 e. The average molecular weight is 536 g/mol. The fourth-order valence-corrected chi connectivity index (χ4v) is 4.62. The number of halogens is 2. The van der Waals surface area contributed by atoms with Crippen LogP contribution in [0.5, 0.6) is 0 Å². The van der Waals surface area contributed by atoms with Crippen LogP contribution in [-0.4, -0.2) is 64.1 Å². The molecule has 0 spiro atoms. The summed E-state index contributed by atoms with van der Waals surface area (Å²) >= 11 is 6.10. The lowest BCUT2D eigenvalue weighted by Crippen LogP contribution is -2.41. The van der Waals surface area contributed by atoms with E-state index in [2.05, 4.69) is 15.5 Å². The lowest BCUT2D eigenvalue weighted by atomic mass is 9.97. The maximum atomic E-state index is 14.2. The first-order valence-corrected chi connectivity index (χ1v) is 12.9. The van der Waals surface area contributed by atoms with E-state index in [4.69, 9.17) is 21.1 Å². The van der Waals surface area contributed by atoms with E-state index in [1.54, 1.807) is 42.4 Å². The molecule has 0 radical (unpaired) electrons. The maximum Gasteiger partial charge on any atom is 0.406 e. The summed E-state index contributed by atoms with van der Waals surface area (Å²) in [6, 6.07) is 11.2. The molecule has 0 aliphatic carbocycles. The molecule has 3 rings (SSSR count). The highest BCUT2D eigenvalue weighted by molar-refractivity contribution is 6.30. The molecule has 0 saturated carbocycles. The number of hydrogen-bond donors (Lipinski definition) is 2. The molecular weight excluding hydrogens is 501 g/mol. The SMILES string of the molecule is CNN(CCCC1CCCOC1)C(=O)c1cccc([C@H](OCCNC(=O)OC)c2cc(F)cc(Cl)c2)c1. The average Bonchev–Trinajstić information content (AvgIpc) is 2.90. The van der Waals surface area contributed by atoms with E-state index in [0.717, 1.165) is 38.9 Å². The lowest BCUT2D eigenvalue weighted by Gasteiger charge is -2.25. The number of rotatable bonds is 12. The summed E-state index contributed by atoms with van der Waals surface area (Å²) in [7, 11) is 3.00. The van der Waals surface area contributed by atoms with Gasteiger partial charge in [-0.2, -0.15) is 0 Å². The summed E-state index contributed by atoms with van der Waals surface area (Å²) in [6.07, 6.45) is 2.82. The van der Waals surface area contributed by atoms with Crippen molar-refractivity contribution in [1.82, 2.24) is 15.8 Å². The Hall–Kier alpha value is -2.72. The molecule has 202 valence electrons. The van der Waals surface area contributed by atoms with Crippen LogP contribution in [0.4, 0.5) is 9.18 Å². The second-order valence-corrected chi connectivity index (χ2v) is 9.34. The second-order valence-electron chi connectivity index (χ2n) is 8.90. The van der Waals surface area contributed by atoms with E-state index in [1.165, 1.54) is 19.2 Å². The molecule has 0 bridgehead atoms. The fraction of sp³-hybridized carbons (Fsp3) is 0.481. The molecule has 2 N–H and O–H groups in total. The number of amides is 2. The molecule has 1 saturated heterocycles. The number of nitrogens with one attached hydrogen (secondary N) is 2. The van der Waals surface area contributed by atoms with Gasteiger partial charge in [-0.05, 0) is 73.1 Å². The predicted molar refractivity (Wildman–Crippen MR) is 139 cm³/mol. The Kier molecular flexibility index (Phi) is 11.6. The molecule has 2 aromatic carbocycles. The summed E-state index contributed by atoms with van der Waals surface area (Å²) < 4.78 is 30.3. The second kappa shape index (κ2) is 14.9. The monoisotopic (exact) mass is 535 g/mol. The topological polar surface area (TPSA) is 89.1 Å². The van der Waals surface area contributed by atoms with Crippen LogP contribution in [0.3, 0.4) is 0 Å². The third-order valence-electron chi connectivity index (χ3n) is 6.23. The number of hydrazine groups is 1. The molecule has 37 heavy (non-hydrogen) atoms. The number of nitrogens with zero attached hydrogens (tertiary/aromatic N) is 1. The van der Waals surface area contributed by atoms with Crippen molar-refractivity contribution in [2.24, 2.45) is 5.92 Å². The van der Waals surface area contributed by atoms with Gasteiger partial charge in [-0.3, -0.25) is 9.80 Å². The Morgan fingerprint density at radius 3 is 2.78 bits per heavy atom. The van der Waals surface area contributed by atoms with Gasteiger partial charge in [0.1, 0.15) is 11.9 Å². The van der Waals surface area contributed by atoms with Gasteiger partial charge in [0, 0.05) is 43.9 Å². The highest BCUT2D eigenvalue weighted by Gasteiger charge is 2.21. The summed E-state index contributed by atoms with van der Waals surface area (Å²) in [6.45, 7) is 2.50. The summed E-state index contributed by atoms with van der Waals surface area (Å²) in [5.41, 5.74) is 4.61. The zero-order chi connectivity index (χ0) is 26.6. The van der Waals surface area contributed by atoms with Crippen LogP contribution < -0.4 is 10.7 Å². The number of carbonyl (C=O) groups is 2. The van der Waals surface area contributed by atoms with E-state index >= 15 is 0 Å². The van der Waals surface area contributed by atoms with Crippen molar-refractivity contribution < 1.29 is 28.2 Å². The van der Waals surface area contributed by atoms with Crippen LogP contribution >= 0.6 is 11.6 Å². The van der Waals surface area contributed by atoms with Gasteiger partial charge in [0.15, 0.2) is 0 Å². The molecule has 1 aliphatic rings. The van der Waals surface area contributed by atoms with Gasteiger partial charge in [0.25, 0.3) is 5.91 Å². The predicted octanol–water partition coefficient (Wildman–Crippen LogP) is 4.72. The Labute approximate surface area is 222 Å². The first-order valence-electron chi connectivity index (χ1n) is 12.5. The van der Waals surface area contributed by atoms with Crippen LogP contribution in [-0.2, 0) is 14.2 Å². The largest absolute Gasteiger partial charge is 0.453 e. The van der Waals surface area contributed by atoms with E-state index in [-0.39, 0.29) is 24.1 Å². The van der Waals surface area contributed by atoms with E-state index in [1.807, 2.05) is 0 Å². The number of carbonyl (C=O) groups excluding carboxylic acids is 2. The lowest BCUT2D eigenvalue weighted by molar-refractivity contribution is 0.0476. The van der Waals surface area contributed by atoms with Crippen molar-refractivity contribution in [1.29, 1.82) is 0 Å². The molecular formula is C27H35ClFN3O5. The highest BCUT2D eigenvalue weighted by Crippen LogP contribution is 2.30. The maximum absolute atomic E-state index is 14.2. The minimum absolute atomic E-state index is 0.125. The van der Waals surface area contributed by atoms with Crippen molar-refractivity contribution in [2.45, 2.75) is 31.8 Å². The van der Waals surface area contributed by atoms with E-state index < -0.39 is 18.0 Å². The molecule has 2 aromatic rings. The quantitative estimate of drug-likeness (QED) is 0.302. The van der Waals surface area contributed by atoms with Crippen molar-refractivity contribution in [3.8, 4) is 0 Å². The van der Waals surface area contributed by atoms with E-state index in [0.29, 0.717) is 29.2 Å². The van der Waals surface area contributed by atoms with Crippen molar-refractivity contribution in [3.63, 3.8) is 0 Å². The molecule has 0 aromatic heterocycles.